The van der Waals surface area contributed by atoms with Gasteiger partial charge in [-0.15, -0.1) is 11.3 Å². The topological polar surface area (TPSA) is 69.6 Å². The molecule has 0 aromatic carbocycles. The smallest absolute Gasteiger partial charge is 0.250 e. The summed E-state index contributed by atoms with van der Waals surface area (Å²) in [6.07, 6.45) is 2.17. The Hall–Kier alpha value is -0.470. The van der Waals surface area contributed by atoms with Gasteiger partial charge in [0.15, 0.2) is 0 Å². The lowest BCUT2D eigenvalue weighted by molar-refractivity contribution is 0.0827. The van der Waals surface area contributed by atoms with Crippen molar-refractivity contribution in [1.29, 1.82) is 0 Å². The van der Waals surface area contributed by atoms with Crippen LogP contribution in [0.3, 0.4) is 0 Å². The van der Waals surface area contributed by atoms with Gasteiger partial charge >= 0.3 is 0 Å². The molecule has 1 unspecified atom stereocenters. The standard InChI is InChI=1S/C12H18N2O3S2/c15-8-10-1-2-12(18-10)19(16,17)13-11-7-14-5-3-9(11)4-6-14/h1-2,9,11,13,15H,3-8H2. The number of nitrogens with zero attached hydrogens (tertiary/aromatic N) is 1. The van der Waals surface area contributed by atoms with Gasteiger partial charge in [0, 0.05) is 17.5 Å². The van der Waals surface area contributed by atoms with Gasteiger partial charge in [0.1, 0.15) is 4.21 Å². The van der Waals surface area contributed by atoms with Crippen LogP contribution in [0.5, 0.6) is 0 Å². The number of thiophene rings is 1. The monoisotopic (exact) mass is 302 g/mol. The van der Waals surface area contributed by atoms with Crippen LogP contribution in [0.15, 0.2) is 16.3 Å². The fourth-order valence-electron chi connectivity index (χ4n) is 2.94. The molecule has 3 saturated heterocycles. The van der Waals surface area contributed by atoms with Crippen molar-refractivity contribution in [3.8, 4) is 0 Å². The Morgan fingerprint density at radius 3 is 2.63 bits per heavy atom. The lowest BCUT2D eigenvalue weighted by Crippen LogP contribution is -2.57. The SMILES string of the molecule is O=S(=O)(NC1CN2CCC1CC2)c1ccc(CO)s1. The normalized spacial score (nSPS) is 30.7. The van der Waals surface area contributed by atoms with Crippen LogP contribution in [0, 0.1) is 5.92 Å². The summed E-state index contributed by atoms with van der Waals surface area (Å²) in [5, 5.41) is 9.01. The summed E-state index contributed by atoms with van der Waals surface area (Å²) in [7, 11) is -3.44. The molecule has 4 rings (SSSR count). The minimum atomic E-state index is -3.44. The Balaban J connectivity index is 1.74. The molecule has 19 heavy (non-hydrogen) atoms. The first-order valence-electron chi connectivity index (χ1n) is 6.53. The van der Waals surface area contributed by atoms with Crippen molar-refractivity contribution in [3.05, 3.63) is 17.0 Å². The van der Waals surface area contributed by atoms with Crippen molar-refractivity contribution < 1.29 is 13.5 Å². The van der Waals surface area contributed by atoms with E-state index in [9.17, 15) is 8.42 Å². The number of piperidine rings is 3. The van der Waals surface area contributed by atoms with E-state index < -0.39 is 10.0 Å². The quantitative estimate of drug-likeness (QED) is 0.855. The summed E-state index contributed by atoms with van der Waals surface area (Å²) < 4.78 is 27.7. The van der Waals surface area contributed by atoms with Gasteiger partial charge < -0.3 is 10.0 Å². The number of hydrogen-bond donors (Lipinski definition) is 2. The van der Waals surface area contributed by atoms with Crippen molar-refractivity contribution in [2.75, 3.05) is 19.6 Å². The highest BCUT2D eigenvalue weighted by Crippen LogP contribution is 2.29. The van der Waals surface area contributed by atoms with Crippen molar-refractivity contribution in [3.63, 3.8) is 0 Å². The maximum absolute atomic E-state index is 12.3. The third kappa shape index (κ3) is 2.71. The Labute approximate surface area is 117 Å². The highest BCUT2D eigenvalue weighted by molar-refractivity contribution is 7.91. The molecule has 3 aliphatic rings. The molecule has 0 amide bonds. The van der Waals surface area contributed by atoms with E-state index >= 15 is 0 Å². The molecular formula is C12H18N2O3S2. The molecule has 106 valence electrons. The predicted molar refractivity (Wildman–Crippen MR) is 73.5 cm³/mol. The molecule has 4 heterocycles. The van der Waals surface area contributed by atoms with Gasteiger partial charge in [-0.1, -0.05) is 0 Å². The van der Waals surface area contributed by atoms with Crippen LogP contribution < -0.4 is 4.72 Å². The molecule has 3 fully saturated rings. The van der Waals surface area contributed by atoms with E-state index in [1.54, 1.807) is 12.1 Å². The molecule has 2 bridgehead atoms. The van der Waals surface area contributed by atoms with Gasteiger partial charge in [0.25, 0.3) is 0 Å². The Morgan fingerprint density at radius 2 is 2.11 bits per heavy atom. The third-order valence-electron chi connectivity index (χ3n) is 4.02. The summed E-state index contributed by atoms with van der Waals surface area (Å²) in [5.41, 5.74) is 0. The maximum Gasteiger partial charge on any atom is 0.250 e. The highest BCUT2D eigenvalue weighted by Gasteiger charge is 2.36. The van der Waals surface area contributed by atoms with Crippen LogP contribution in [0.2, 0.25) is 0 Å². The maximum atomic E-state index is 12.3. The lowest BCUT2D eigenvalue weighted by Gasteiger charge is -2.44. The van der Waals surface area contributed by atoms with E-state index in [2.05, 4.69) is 9.62 Å². The van der Waals surface area contributed by atoms with Crippen molar-refractivity contribution >= 4 is 21.4 Å². The zero-order valence-electron chi connectivity index (χ0n) is 10.6. The van der Waals surface area contributed by atoms with Gasteiger partial charge in [-0.05, 0) is 44.0 Å². The Kier molecular flexibility index (Phi) is 3.65. The minimum Gasteiger partial charge on any atom is -0.391 e. The zero-order valence-corrected chi connectivity index (χ0v) is 12.2. The molecule has 0 radical (unpaired) electrons. The number of aliphatic hydroxyl groups is 1. The number of fused-ring (bicyclic) bond motifs is 3. The number of nitrogens with one attached hydrogen (secondary N) is 1. The molecule has 0 spiro atoms. The third-order valence-corrected chi connectivity index (χ3v) is 7.07. The molecule has 7 heteroatoms. The van der Waals surface area contributed by atoms with Crippen LogP contribution in [0.25, 0.3) is 0 Å². The van der Waals surface area contributed by atoms with E-state index in [0.29, 0.717) is 15.0 Å². The van der Waals surface area contributed by atoms with E-state index in [0.717, 1.165) is 43.8 Å². The number of rotatable bonds is 4. The Morgan fingerprint density at radius 1 is 1.37 bits per heavy atom. The summed E-state index contributed by atoms with van der Waals surface area (Å²) >= 11 is 1.13. The molecule has 2 N–H and O–H groups in total. The molecule has 0 aliphatic carbocycles. The van der Waals surface area contributed by atoms with Crippen LogP contribution >= 0.6 is 11.3 Å². The van der Waals surface area contributed by atoms with E-state index in [-0.39, 0.29) is 12.6 Å². The summed E-state index contributed by atoms with van der Waals surface area (Å²) in [5.74, 6) is 0.469. The van der Waals surface area contributed by atoms with Gasteiger partial charge in [-0.3, -0.25) is 0 Å². The largest absolute Gasteiger partial charge is 0.391 e. The minimum absolute atomic E-state index is 0.0344. The van der Waals surface area contributed by atoms with Gasteiger partial charge in [0.05, 0.1) is 6.61 Å². The van der Waals surface area contributed by atoms with E-state index in [4.69, 9.17) is 5.11 Å². The Bertz CT molecular complexity index is 547. The zero-order chi connectivity index (χ0) is 13.5. The molecule has 1 aromatic heterocycles. The molecule has 3 aliphatic heterocycles. The first kappa shape index (κ1) is 13.5. The average Bonchev–Trinajstić information content (AvgIpc) is 2.89. The van der Waals surface area contributed by atoms with Gasteiger partial charge in [-0.25, -0.2) is 13.1 Å². The first-order chi connectivity index (χ1) is 9.08. The van der Waals surface area contributed by atoms with Crippen LogP contribution in [-0.2, 0) is 16.6 Å². The number of aliphatic hydroxyl groups excluding tert-OH is 1. The second kappa shape index (κ2) is 5.14. The van der Waals surface area contributed by atoms with Crippen LogP contribution in [0.1, 0.15) is 17.7 Å². The van der Waals surface area contributed by atoms with Crippen LogP contribution in [-0.4, -0.2) is 44.1 Å². The molecule has 5 nitrogen and oxygen atoms in total. The summed E-state index contributed by atoms with van der Waals surface area (Å²) in [6, 6.07) is 3.27. The number of hydrogen-bond acceptors (Lipinski definition) is 5. The highest BCUT2D eigenvalue weighted by atomic mass is 32.2. The van der Waals surface area contributed by atoms with Crippen molar-refractivity contribution in [2.24, 2.45) is 5.92 Å². The first-order valence-corrected chi connectivity index (χ1v) is 8.83. The molecular weight excluding hydrogens is 284 g/mol. The number of sulfonamides is 1. The van der Waals surface area contributed by atoms with E-state index in [1.165, 1.54) is 0 Å². The molecule has 1 aromatic rings. The van der Waals surface area contributed by atoms with Gasteiger partial charge in [0.2, 0.25) is 10.0 Å². The second-order valence-corrected chi connectivity index (χ2v) is 8.35. The fraction of sp³-hybridized carbons (Fsp3) is 0.667. The molecule has 0 saturated carbocycles. The van der Waals surface area contributed by atoms with Crippen molar-refractivity contribution in [1.82, 2.24) is 9.62 Å². The van der Waals surface area contributed by atoms with Crippen LogP contribution in [0.4, 0.5) is 0 Å². The summed E-state index contributed by atoms with van der Waals surface area (Å²) in [6.45, 7) is 2.90. The predicted octanol–water partition coefficient (Wildman–Crippen LogP) is 0.613. The average molecular weight is 302 g/mol. The van der Waals surface area contributed by atoms with E-state index in [1.807, 2.05) is 0 Å². The molecule has 1 atom stereocenters. The van der Waals surface area contributed by atoms with Gasteiger partial charge in [-0.2, -0.15) is 0 Å². The second-order valence-electron chi connectivity index (χ2n) is 5.24. The summed E-state index contributed by atoms with van der Waals surface area (Å²) in [4.78, 5) is 3.00. The fourth-order valence-corrected chi connectivity index (χ4v) is 5.47. The lowest BCUT2D eigenvalue weighted by atomic mass is 9.85. The van der Waals surface area contributed by atoms with Crippen molar-refractivity contribution in [2.45, 2.75) is 29.7 Å².